The van der Waals surface area contributed by atoms with E-state index in [0.29, 0.717) is 28.5 Å². The maximum absolute atomic E-state index is 12.6. The lowest BCUT2D eigenvalue weighted by Gasteiger charge is -2.11. The van der Waals surface area contributed by atoms with Crippen molar-refractivity contribution in [1.29, 1.82) is 0 Å². The number of hydrazone groups is 1. The fourth-order valence-corrected chi connectivity index (χ4v) is 3.40. The molecule has 1 aliphatic heterocycles. The molecule has 0 bridgehead atoms. The molecule has 0 spiro atoms. The van der Waals surface area contributed by atoms with Crippen LogP contribution >= 0.6 is 0 Å². The lowest BCUT2D eigenvalue weighted by Crippen LogP contribution is -2.20. The number of ether oxygens (including phenoxy) is 4. The van der Waals surface area contributed by atoms with E-state index in [0.717, 1.165) is 0 Å². The molecule has 8 nitrogen and oxygen atoms in total. The first-order valence-corrected chi connectivity index (χ1v) is 9.11. The van der Waals surface area contributed by atoms with Crippen molar-refractivity contribution < 1.29 is 27.4 Å². The molecule has 0 fully saturated rings. The van der Waals surface area contributed by atoms with Crippen molar-refractivity contribution in [2.75, 3.05) is 21.0 Å². The Kier molecular flexibility index (Phi) is 4.90. The summed E-state index contributed by atoms with van der Waals surface area (Å²) in [6.07, 6.45) is 0. The van der Waals surface area contributed by atoms with Gasteiger partial charge in [-0.05, 0) is 37.3 Å². The molecule has 9 heteroatoms. The molecule has 3 rings (SSSR count). The van der Waals surface area contributed by atoms with Crippen LogP contribution in [0.25, 0.3) is 0 Å². The molecule has 0 atom stereocenters. The highest BCUT2D eigenvalue weighted by molar-refractivity contribution is 7.89. The van der Waals surface area contributed by atoms with Gasteiger partial charge in [0.25, 0.3) is 10.0 Å². The molecule has 26 heavy (non-hydrogen) atoms. The molecule has 0 aliphatic carbocycles. The Balaban J connectivity index is 1.87. The fraction of sp³-hybridized carbons (Fsp3) is 0.235. The summed E-state index contributed by atoms with van der Waals surface area (Å²) >= 11 is 0. The fourth-order valence-electron chi connectivity index (χ4n) is 2.36. The summed E-state index contributed by atoms with van der Waals surface area (Å²) in [5, 5.41) is 3.98. The summed E-state index contributed by atoms with van der Waals surface area (Å²) in [5.41, 5.74) is 1.17. The van der Waals surface area contributed by atoms with E-state index in [2.05, 4.69) is 9.93 Å². The van der Waals surface area contributed by atoms with E-state index in [1.165, 1.54) is 26.4 Å². The Bertz CT molecular complexity index is 956. The lowest BCUT2D eigenvalue weighted by atomic mass is 10.1. The first kappa shape index (κ1) is 17.9. The van der Waals surface area contributed by atoms with Gasteiger partial charge in [-0.15, -0.1) is 0 Å². The highest BCUT2D eigenvalue weighted by atomic mass is 32.2. The van der Waals surface area contributed by atoms with Crippen LogP contribution in [0.3, 0.4) is 0 Å². The minimum atomic E-state index is -3.95. The zero-order valence-corrected chi connectivity index (χ0v) is 15.3. The van der Waals surface area contributed by atoms with Gasteiger partial charge in [0.15, 0.2) is 11.5 Å². The van der Waals surface area contributed by atoms with E-state index >= 15 is 0 Å². The van der Waals surface area contributed by atoms with Gasteiger partial charge in [0.2, 0.25) is 6.79 Å². The summed E-state index contributed by atoms with van der Waals surface area (Å²) in [4.78, 5) is 2.15. The molecule has 2 aromatic rings. The largest absolute Gasteiger partial charge is 0.497 e. The Labute approximate surface area is 151 Å². The molecule has 0 radical (unpaired) electrons. The van der Waals surface area contributed by atoms with Gasteiger partial charge in [0.05, 0.1) is 19.9 Å². The van der Waals surface area contributed by atoms with Crippen molar-refractivity contribution in [2.45, 2.75) is 11.8 Å². The number of benzene rings is 2. The van der Waals surface area contributed by atoms with Crippen LogP contribution in [0.2, 0.25) is 0 Å². The standard InChI is InChI=1S/C17H18N2O6S/c1-11(12-4-6-14-16(8-12)25-10-24-14)18-19-26(20,21)17-9-13(22-2)5-7-15(17)23-3/h4-9,19H,10H2,1-3H3/b18-11+. The quantitative estimate of drug-likeness (QED) is 0.611. The molecule has 1 N–H and O–H groups in total. The second kappa shape index (κ2) is 7.12. The van der Waals surface area contributed by atoms with Crippen LogP contribution < -0.4 is 23.8 Å². The number of nitrogens with one attached hydrogen (secondary N) is 1. The first-order chi connectivity index (χ1) is 12.4. The Morgan fingerprint density at radius 2 is 1.85 bits per heavy atom. The predicted molar refractivity (Wildman–Crippen MR) is 94.6 cm³/mol. The molecule has 2 aromatic carbocycles. The molecule has 0 saturated carbocycles. The van der Waals surface area contributed by atoms with Gasteiger partial charge >= 0.3 is 0 Å². The van der Waals surface area contributed by atoms with Gasteiger partial charge in [-0.25, -0.2) is 0 Å². The maximum Gasteiger partial charge on any atom is 0.280 e. The van der Waals surface area contributed by atoms with Gasteiger partial charge in [-0.2, -0.15) is 18.4 Å². The molecule has 0 aromatic heterocycles. The van der Waals surface area contributed by atoms with Crippen molar-refractivity contribution >= 4 is 15.7 Å². The van der Waals surface area contributed by atoms with Gasteiger partial charge < -0.3 is 18.9 Å². The predicted octanol–water partition coefficient (Wildman–Crippen LogP) is 2.13. The second-order valence-electron chi connectivity index (χ2n) is 5.38. The van der Waals surface area contributed by atoms with Gasteiger partial charge in [0, 0.05) is 11.6 Å². The summed E-state index contributed by atoms with van der Waals surface area (Å²) in [6.45, 7) is 1.85. The van der Waals surface area contributed by atoms with E-state index in [1.54, 1.807) is 31.2 Å². The first-order valence-electron chi connectivity index (χ1n) is 7.63. The molecule has 0 unspecified atom stereocenters. The summed E-state index contributed by atoms with van der Waals surface area (Å²) in [5.74, 6) is 1.81. The number of hydrogen-bond donors (Lipinski definition) is 1. The van der Waals surface area contributed by atoms with Crippen molar-refractivity contribution in [3.05, 3.63) is 42.0 Å². The number of sulfonamides is 1. The molecule has 1 aliphatic rings. The topological polar surface area (TPSA) is 95.5 Å². The van der Waals surface area contributed by atoms with Crippen LogP contribution in [0.15, 0.2) is 46.4 Å². The Morgan fingerprint density at radius 3 is 2.58 bits per heavy atom. The number of fused-ring (bicyclic) bond motifs is 1. The number of methoxy groups -OCH3 is 2. The van der Waals surface area contributed by atoms with Crippen LogP contribution in [0.5, 0.6) is 23.0 Å². The average molecular weight is 378 g/mol. The highest BCUT2D eigenvalue weighted by Gasteiger charge is 2.20. The van der Waals surface area contributed by atoms with Gasteiger partial charge in [0.1, 0.15) is 16.4 Å². The van der Waals surface area contributed by atoms with Crippen molar-refractivity contribution in [3.8, 4) is 23.0 Å². The molecule has 0 amide bonds. The Hall–Kier alpha value is -2.94. The minimum absolute atomic E-state index is 0.0680. The van der Waals surface area contributed by atoms with E-state index in [9.17, 15) is 8.42 Å². The lowest BCUT2D eigenvalue weighted by molar-refractivity contribution is 0.174. The summed E-state index contributed by atoms with van der Waals surface area (Å²) in [6, 6.07) is 9.75. The summed E-state index contributed by atoms with van der Waals surface area (Å²) < 4.78 is 46.0. The van der Waals surface area contributed by atoms with E-state index in [4.69, 9.17) is 18.9 Å². The van der Waals surface area contributed by atoms with Gasteiger partial charge in [-0.3, -0.25) is 0 Å². The SMILES string of the molecule is COc1ccc(OC)c(S(=O)(=O)N/N=C(\C)c2ccc3c(c2)OCO3)c1. The van der Waals surface area contributed by atoms with E-state index in [1.807, 2.05) is 0 Å². The van der Waals surface area contributed by atoms with Crippen LogP contribution in [-0.2, 0) is 10.0 Å². The monoisotopic (exact) mass is 378 g/mol. The Morgan fingerprint density at radius 1 is 1.08 bits per heavy atom. The maximum atomic E-state index is 12.6. The molecular formula is C17H18N2O6S. The molecule has 138 valence electrons. The third-order valence-corrected chi connectivity index (χ3v) is 5.01. The number of nitrogens with zero attached hydrogens (tertiary/aromatic N) is 1. The normalized spacial score (nSPS) is 13.4. The summed E-state index contributed by atoms with van der Waals surface area (Å²) in [7, 11) is -1.11. The van der Waals surface area contributed by atoms with Crippen LogP contribution in [0, 0.1) is 0 Å². The second-order valence-corrected chi connectivity index (χ2v) is 7.01. The number of rotatable bonds is 6. The van der Waals surface area contributed by atoms with E-state index < -0.39 is 10.0 Å². The van der Waals surface area contributed by atoms with Crippen molar-refractivity contribution in [1.82, 2.24) is 4.83 Å². The van der Waals surface area contributed by atoms with Crippen LogP contribution in [0.1, 0.15) is 12.5 Å². The van der Waals surface area contributed by atoms with E-state index in [-0.39, 0.29) is 17.4 Å². The van der Waals surface area contributed by atoms with Crippen molar-refractivity contribution in [2.24, 2.45) is 5.10 Å². The van der Waals surface area contributed by atoms with Crippen LogP contribution in [0.4, 0.5) is 0 Å². The average Bonchev–Trinajstić information content (AvgIpc) is 3.13. The van der Waals surface area contributed by atoms with Crippen LogP contribution in [-0.4, -0.2) is 35.1 Å². The van der Waals surface area contributed by atoms with Crippen molar-refractivity contribution in [3.63, 3.8) is 0 Å². The zero-order chi connectivity index (χ0) is 18.7. The minimum Gasteiger partial charge on any atom is -0.497 e. The van der Waals surface area contributed by atoms with Gasteiger partial charge in [-0.1, -0.05) is 0 Å². The third kappa shape index (κ3) is 3.52. The highest BCUT2D eigenvalue weighted by Crippen LogP contribution is 2.32. The molecule has 0 saturated heterocycles. The zero-order valence-electron chi connectivity index (χ0n) is 14.5. The molecule has 1 heterocycles. The third-order valence-electron chi connectivity index (χ3n) is 3.78. The smallest absolute Gasteiger partial charge is 0.280 e. The number of hydrogen-bond acceptors (Lipinski definition) is 7. The molecular weight excluding hydrogens is 360 g/mol.